The molecular weight excluding hydrogens is 290 g/mol. The Morgan fingerprint density at radius 3 is 2.78 bits per heavy atom. The number of nitrogens with one attached hydrogen (secondary N) is 1. The third-order valence-corrected chi connectivity index (χ3v) is 4.91. The van der Waals surface area contributed by atoms with Crippen molar-refractivity contribution in [1.29, 1.82) is 0 Å². The monoisotopic (exact) mass is 321 g/mol. The highest BCUT2D eigenvalue weighted by molar-refractivity contribution is 5.76. The molecule has 0 aromatic carbocycles. The zero-order chi connectivity index (χ0) is 17.3. The molecular formula is C18H31N3O2. The highest BCUT2D eigenvalue weighted by Crippen LogP contribution is 2.42. The average Bonchev–Trinajstić information content (AvgIpc) is 2.81. The van der Waals surface area contributed by atoms with Gasteiger partial charge in [-0.3, -0.25) is 9.48 Å². The highest BCUT2D eigenvalue weighted by atomic mass is 16.3. The van der Waals surface area contributed by atoms with Crippen LogP contribution in [0.4, 0.5) is 0 Å². The molecule has 1 aliphatic rings. The molecule has 0 bridgehead atoms. The predicted molar refractivity (Wildman–Crippen MR) is 90.7 cm³/mol. The normalized spacial score (nSPS) is 26.5. The second-order valence-electron chi connectivity index (χ2n) is 8.44. The number of aryl methyl sites for hydroxylation is 1. The minimum Gasteiger partial charge on any atom is -0.383 e. The summed E-state index contributed by atoms with van der Waals surface area (Å²) in [7, 11) is 1.81. The van der Waals surface area contributed by atoms with Gasteiger partial charge < -0.3 is 10.4 Å². The van der Waals surface area contributed by atoms with E-state index in [1.807, 2.05) is 7.05 Å². The van der Waals surface area contributed by atoms with Crippen LogP contribution in [-0.4, -0.2) is 27.3 Å². The molecule has 0 aliphatic heterocycles. The number of hydrogen-bond donors (Lipinski definition) is 2. The molecule has 0 saturated heterocycles. The van der Waals surface area contributed by atoms with E-state index in [9.17, 15) is 9.90 Å². The summed E-state index contributed by atoms with van der Waals surface area (Å²) >= 11 is 0. The first kappa shape index (κ1) is 18.0. The van der Waals surface area contributed by atoms with Crippen LogP contribution >= 0.6 is 0 Å². The Morgan fingerprint density at radius 2 is 2.22 bits per heavy atom. The number of nitrogens with zero attached hydrogens (tertiary/aromatic N) is 2. The standard InChI is InChI=1S/C18H31N3O2/c1-13-6-14(9-17(2,3)8-13)7-16(22)19-12-18(4,23)15-10-20-21(5)11-15/h10-11,13-14,23H,6-9,12H2,1-5H3,(H,19,22). The summed E-state index contributed by atoms with van der Waals surface area (Å²) < 4.78 is 1.65. The van der Waals surface area contributed by atoms with Gasteiger partial charge in [-0.05, 0) is 43.4 Å². The molecule has 1 aromatic heterocycles. The molecule has 3 unspecified atom stereocenters. The van der Waals surface area contributed by atoms with Crippen LogP contribution in [0.15, 0.2) is 12.4 Å². The molecule has 1 saturated carbocycles. The minimum atomic E-state index is -1.09. The number of rotatable bonds is 5. The van der Waals surface area contributed by atoms with Crippen LogP contribution in [0, 0.1) is 17.3 Å². The van der Waals surface area contributed by atoms with E-state index in [0.29, 0.717) is 29.2 Å². The second-order valence-corrected chi connectivity index (χ2v) is 8.44. The van der Waals surface area contributed by atoms with Gasteiger partial charge in [-0.25, -0.2) is 0 Å². The maximum atomic E-state index is 12.3. The number of aliphatic hydroxyl groups is 1. The van der Waals surface area contributed by atoms with Gasteiger partial charge in [0.1, 0.15) is 5.60 Å². The first-order valence-electron chi connectivity index (χ1n) is 8.56. The maximum Gasteiger partial charge on any atom is 0.220 e. The number of carbonyl (C=O) groups excluding carboxylic acids is 1. The lowest BCUT2D eigenvalue weighted by atomic mass is 9.67. The van der Waals surface area contributed by atoms with Crippen molar-refractivity contribution >= 4 is 5.91 Å². The van der Waals surface area contributed by atoms with Crippen LogP contribution in [0.2, 0.25) is 0 Å². The number of carbonyl (C=O) groups is 1. The fourth-order valence-electron chi connectivity index (χ4n) is 4.11. The molecule has 23 heavy (non-hydrogen) atoms. The van der Waals surface area contributed by atoms with Crippen LogP contribution in [0.25, 0.3) is 0 Å². The summed E-state index contributed by atoms with van der Waals surface area (Å²) in [5.41, 5.74) is -0.0555. The van der Waals surface area contributed by atoms with E-state index in [1.165, 1.54) is 6.42 Å². The first-order valence-corrected chi connectivity index (χ1v) is 8.56. The minimum absolute atomic E-state index is 0.0315. The van der Waals surface area contributed by atoms with Crippen molar-refractivity contribution in [2.24, 2.45) is 24.3 Å². The average molecular weight is 321 g/mol. The summed E-state index contributed by atoms with van der Waals surface area (Å²) in [4.78, 5) is 12.3. The fourth-order valence-corrected chi connectivity index (χ4v) is 4.11. The Labute approximate surface area is 139 Å². The van der Waals surface area contributed by atoms with Crippen molar-refractivity contribution in [3.63, 3.8) is 0 Å². The Balaban J connectivity index is 1.85. The SMILES string of the molecule is CC1CC(CC(=O)NCC(C)(O)c2cnn(C)c2)CC(C)(C)C1. The van der Waals surface area contributed by atoms with Gasteiger partial charge in [0.25, 0.3) is 0 Å². The van der Waals surface area contributed by atoms with Gasteiger partial charge in [-0.1, -0.05) is 20.8 Å². The van der Waals surface area contributed by atoms with E-state index in [4.69, 9.17) is 0 Å². The van der Waals surface area contributed by atoms with Crippen LogP contribution in [0.3, 0.4) is 0 Å². The number of aromatic nitrogens is 2. The van der Waals surface area contributed by atoms with Gasteiger partial charge >= 0.3 is 0 Å². The van der Waals surface area contributed by atoms with Crippen molar-refractivity contribution in [3.8, 4) is 0 Å². The molecule has 130 valence electrons. The number of hydrogen-bond acceptors (Lipinski definition) is 3. The molecule has 1 aliphatic carbocycles. The third kappa shape index (κ3) is 5.06. The molecule has 1 aromatic rings. The highest BCUT2D eigenvalue weighted by Gasteiger charge is 2.33. The van der Waals surface area contributed by atoms with Crippen molar-refractivity contribution in [2.75, 3.05) is 6.54 Å². The molecule has 1 heterocycles. The van der Waals surface area contributed by atoms with Crippen molar-refractivity contribution in [3.05, 3.63) is 18.0 Å². The van der Waals surface area contributed by atoms with E-state index in [0.717, 1.165) is 12.8 Å². The Bertz CT molecular complexity index is 548. The van der Waals surface area contributed by atoms with Crippen LogP contribution < -0.4 is 5.32 Å². The summed E-state index contributed by atoms with van der Waals surface area (Å²) in [6.07, 6.45) is 7.42. The smallest absolute Gasteiger partial charge is 0.220 e. The Morgan fingerprint density at radius 1 is 1.52 bits per heavy atom. The first-order chi connectivity index (χ1) is 10.6. The van der Waals surface area contributed by atoms with Gasteiger partial charge in [-0.2, -0.15) is 5.10 Å². The Hall–Kier alpha value is -1.36. The predicted octanol–water partition coefficient (Wildman–Crippen LogP) is 2.60. The molecule has 3 atom stereocenters. The topological polar surface area (TPSA) is 67.2 Å². The van der Waals surface area contributed by atoms with Crippen molar-refractivity contribution < 1.29 is 9.90 Å². The quantitative estimate of drug-likeness (QED) is 0.876. The zero-order valence-corrected chi connectivity index (χ0v) is 15.1. The third-order valence-electron chi connectivity index (χ3n) is 4.91. The van der Waals surface area contributed by atoms with Gasteiger partial charge in [0.05, 0.1) is 12.7 Å². The zero-order valence-electron chi connectivity index (χ0n) is 15.1. The van der Waals surface area contributed by atoms with Crippen LogP contribution in [-0.2, 0) is 17.4 Å². The molecule has 1 fully saturated rings. The number of amides is 1. The summed E-state index contributed by atoms with van der Waals surface area (Å²) in [6.45, 7) is 8.78. The van der Waals surface area contributed by atoms with E-state index in [2.05, 4.69) is 31.2 Å². The van der Waals surface area contributed by atoms with E-state index in [1.54, 1.807) is 24.0 Å². The van der Waals surface area contributed by atoms with E-state index < -0.39 is 5.60 Å². The van der Waals surface area contributed by atoms with Gasteiger partial charge in [-0.15, -0.1) is 0 Å². The molecule has 2 N–H and O–H groups in total. The Kier molecular flexibility index (Phi) is 5.19. The molecule has 1 amide bonds. The lowest BCUT2D eigenvalue weighted by Crippen LogP contribution is -2.40. The van der Waals surface area contributed by atoms with Gasteiger partial charge in [0, 0.05) is 25.2 Å². The van der Waals surface area contributed by atoms with E-state index in [-0.39, 0.29) is 12.5 Å². The molecule has 5 heteroatoms. The summed E-state index contributed by atoms with van der Waals surface area (Å²) in [5.74, 6) is 1.15. The van der Waals surface area contributed by atoms with Crippen molar-refractivity contribution in [1.82, 2.24) is 15.1 Å². The van der Waals surface area contributed by atoms with Crippen LogP contribution in [0.1, 0.15) is 58.9 Å². The van der Waals surface area contributed by atoms with Crippen molar-refractivity contribution in [2.45, 2.75) is 59.0 Å². The van der Waals surface area contributed by atoms with Gasteiger partial charge in [0.15, 0.2) is 0 Å². The molecule has 2 rings (SSSR count). The van der Waals surface area contributed by atoms with Crippen LogP contribution in [0.5, 0.6) is 0 Å². The van der Waals surface area contributed by atoms with Gasteiger partial charge in [0.2, 0.25) is 5.91 Å². The molecule has 0 radical (unpaired) electrons. The lowest BCUT2D eigenvalue weighted by Gasteiger charge is -2.38. The summed E-state index contributed by atoms with van der Waals surface area (Å²) in [6, 6.07) is 0. The molecule has 5 nitrogen and oxygen atoms in total. The molecule has 0 spiro atoms. The van der Waals surface area contributed by atoms with E-state index >= 15 is 0 Å². The fraction of sp³-hybridized carbons (Fsp3) is 0.778. The lowest BCUT2D eigenvalue weighted by molar-refractivity contribution is -0.123. The second kappa shape index (κ2) is 6.63. The maximum absolute atomic E-state index is 12.3. The summed E-state index contributed by atoms with van der Waals surface area (Å²) in [5, 5.41) is 17.5. The largest absolute Gasteiger partial charge is 0.383 e.